The molecule has 3 aromatic carbocycles. The Morgan fingerprint density at radius 1 is 0.688 bits per heavy atom. The Hall–Kier alpha value is -4.12. The summed E-state index contributed by atoms with van der Waals surface area (Å²) < 4.78 is 16.1. The van der Waals surface area contributed by atoms with Gasteiger partial charge in [0.1, 0.15) is 17.2 Å². The number of benzene rings is 3. The molecule has 0 aliphatic heterocycles. The normalized spacial score (nSPS) is 10.1. The fraction of sp³-hybridized carbons (Fsp3) is 0.111. The topological polar surface area (TPSA) is 61.8 Å². The fourth-order valence-corrected chi connectivity index (χ4v) is 2.65. The Kier molecular flexibility index (Phi) is 7.24. The molecule has 3 rings (SSSR count). The van der Waals surface area contributed by atoms with Crippen LogP contribution in [0.2, 0.25) is 0 Å². The highest BCUT2D eigenvalue weighted by Gasteiger charge is 2.11. The van der Waals surface area contributed by atoms with Gasteiger partial charge in [-0.25, -0.2) is 9.59 Å². The van der Waals surface area contributed by atoms with Crippen LogP contribution in [0.3, 0.4) is 0 Å². The second kappa shape index (κ2) is 10.3. The first kappa shape index (κ1) is 22.6. The van der Waals surface area contributed by atoms with Crippen molar-refractivity contribution in [2.45, 2.75) is 20.8 Å². The second-order valence-corrected chi connectivity index (χ2v) is 7.45. The van der Waals surface area contributed by atoms with E-state index < -0.39 is 11.9 Å². The molecule has 0 atom stereocenters. The smallest absolute Gasteiger partial charge is 0.343 e. The number of allylic oxidation sites excluding steroid dienone is 1. The molecule has 0 spiro atoms. The molecular weight excluding hydrogens is 404 g/mol. The van der Waals surface area contributed by atoms with Gasteiger partial charge in [-0.2, -0.15) is 0 Å². The minimum atomic E-state index is -0.518. The van der Waals surface area contributed by atoms with Crippen molar-refractivity contribution in [2.24, 2.45) is 0 Å². The van der Waals surface area contributed by atoms with E-state index in [9.17, 15) is 9.59 Å². The summed E-state index contributed by atoms with van der Waals surface area (Å²) in [6.45, 7) is 9.04. The molecular formula is C27H24O5. The average molecular weight is 428 g/mol. The Morgan fingerprint density at radius 3 is 1.66 bits per heavy atom. The Bertz CT molecular complexity index is 1130. The van der Waals surface area contributed by atoms with E-state index in [2.05, 4.69) is 6.58 Å². The lowest BCUT2D eigenvalue weighted by Gasteiger charge is -2.08. The number of hydrogen-bond donors (Lipinski definition) is 0. The van der Waals surface area contributed by atoms with Crippen molar-refractivity contribution >= 4 is 11.9 Å². The SMILES string of the molecule is C=C(C)C(=O)Oc1ccc(C(=O)Oc2ccc(-c3ccc(OC=C(C)C)cc3)cc2)cc1. The molecule has 0 aliphatic carbocycles. The quantitative estimate of drug-likeness (QED) is 0.190. The van der Waals surface area contributed by atoms with Gasteiger partial charge in [0.25, 0.3) is 0 Å². The van der Waals surface area contributed by atoms with Gasteiger partial charge in [0, 0.05) is 5.57 Å². The number of carbonyl (C=O) groups is 2. The van der Waals surface area contributed by atoms with E-state index in [0.717, 1.165) is 22.4 Å². The second-order valence-electron chi connectivity index (χ2n) is 7.45. The zero-order valence-corrected chi connectivity index (χ0v) is 18.3. The van der Waals surface area contributed by atoms with Crippen LogP contribution in [0, 0.1) is 0 Å². The summed E-state index contributed by atoms with van der Waals surface area (Å²) in [5, 5.41) is 0. The summed E-state index contributed by atoms with van der Waals surface area (Å²) >= 11 is 0. The average Bonchev–Trinajstić information content (AvgIpc) is 2.79. The van der Waals surface area contributed by atoms with E-state index in [-0.39, 0.29) is 0 Å². The maximum atomic E-state index is 12.4. The summed E-state index contributed by atoms with van der Waals surface area (Å²) in [5.41, 5.74) is 3.73. The molecule has 32 heavy (non-hydrogen) atoms. The zero-order chi connectivity index (χ0) is 23.1. The van der Waals surface area contributed by atoms with Crippen molar-refractivity contribution in [3.8, 4) is 28.4 Å². The largest absolute Gasteiger partial charge is 0.465 e. The first-order chi connectivity index (χ1) is 15.3. The molecule has 5 heteroatoms. The first-order valence-electron chi connectivity index (χ1n) is 10.0. The molecule has 0 aromatic heterocycles. The highest BCUT2D eigenvalue weighted by Crippen LogP contribution is 2.25. The Labute approximate surface area is 187 Å². The third-order valence-corrected chi connectivity index (χ3v) is 4.33. The summed E-state index contributed by atoms with van der Waals surface area (Å²) in [6, 6.07) is 21.1. The van der Waals surface area contributed by atoms with E-state index in [4.69, 9.17) is 14.2 Å². The number of esters is 2. The van der Waals surface area contributed by atoms with Crippen molar-refractivity contribution in [1.29, 1.82) is 0 Å². The highest BCUT2D eigenvalue weighted by molar-refractivity contribution is 5.92. The fourth-order valence-electron chi connectivity index (χ4n) is 2.65. The van der Waals surface area contributed by atoms with E-state index in [1.54, 1.807) is 25.3 Å². The Morgan fingerprint density at radius 2 is 1.16 bits per heavy atom. The number of hydrogen-bond acceptors (Lipinski definition) is 5. The minimum Gasteiger partial charge on any atom is -0.465 e. The van der Waals surface area contributed by atoms with Crippen LogP contribution in [0.5, 0.6) is 17.2 Å². The molecule has 5 nitrogen and oxygen atoms in total. The monoisotopic (exact) mass is 428 g/mol. The van der Waals surface area contributed by atoms with Crippen LogP contribution in [0.4, 0.5) is 0 Å². The molecule has 0 saturated carbocycles. The number of ether oxygens (including phenoxy) is 3. The highest BCUT2D eigenvalue weighted by atomic mass is 16.5. The molecule has 162 valence electrons. The van der Waals surface area contributed by atoms with Crippen LogP contribution < -0.4 is 14.2 Å². The zero-order valence-electron chi connectivity index (χ0n) is 18.3. The van der Waals surface area contributed by atoms with Gasteiger partial charge in [-0.05, 0) is 86.0 Å². The van der Waals surface area contributed by atoms with Crippen molar-refractivity contribution in [3.05, 3.63) is 102 Å². The van der Waals surface area contributed by atoms with E-state index >= 15 is 0 Å². The van der Waals surface area contributed by atoms with Crippen molar-refractivity contribution in [3.63, 3.8) is 0 Å². The van der Waals surface area contributed by atoms with Gasteiger partial charge in [0.15, 0.2) is 0 Å². The summed E-state index contributed by atoms with van der Waals surface area (Å²) in [7, 11) is 0. The summed E-state index contributed by atoms with van der Waals surface area (Å²) in [6.07, 6.45) is 1.71. The molecule has 0 unspecified atom stereocenters. The lowest BCUT2D eigenvalue weighted by atomic mass is 10.1. The maximum Gasteiger partial charge on any atom is 0.343 e. The van der Waals surface area contributed by atoms with Crippen molar-refractivity contribution in [2.75, 3.05) is 0 Å². The third-order valence-electron chi connectivity index (χ3n) is 4.33. The van der Waals surface area contributed by atoms with Crippen molar-refractivity contribution < 1.29 is 23.8 Å². The predicted molar refractivity (Wildman–Crippen MR) is 124 cm³/mol. The van der Waals surface area contributed by atoms with Gasteiger partial charge in [0.05, 0.1) is 11.8 Å². The van der Waals surface area contributed by atoms with Crippen LogP contribution in [0.1, 0.15) is 31.1 Å². The summed E-state index contributed by atoms with van der Waals surface area (Å²) in [4.78, 5) is 23.9. The Balaban J connectivity index is 1.61. The minimum absolute atomic E-state index is 0.296. The molecule has 0 N–H and O–H groups in total. The van der Waals surface area contributed by atoms with Crippen LogP contribution in [0.15, 0.2) is 96.8 Å². The van der Waals surface area contributed by atoms with Crippen molar-refractivity contribution in [1.82, 2.24) is 0 Å². The third kappa shape index (κ3) is 6.19. The first-order valence-corrected chi connectivity index (χ1v) is 10.0. The molecule has 3 aromatic rings. The molecule has 0 radical (unpaired) electrons. The number of rotatable bonds is 7. The van der Waals surface area contributed by atoms with Gasteiger partial charge in [-0.1, -0.05) is 30.8 Å². The van der Waals surface area contributed by atoms with Crippen LogP contribution >= 0.6 is 0 Å². The van der Waals surface area contributed by atoms with Gasteiger partial charge in [-0.15, -0.1) is 0 Å². The van der Waals surface area contributed by atoms with Gasteiger partial charge in [0.2, 0.25) is 0 Å². The van der Waals surface area contributed by atoms with Crippen LogP contribution in [-0.4, -0.2) is 11.9 Å². The van der Waals surface area contributed by atoms with Gasteiger partial charge in [-0.3, -0.25) is 0 Å². The standard InChI is InChI=1S/C27H24O5/c1-18(2)17-30-23-11-5-20(6-12-23)21-7-13-25(14-8-21)32-27(29)22-9-15-24(16-10-22)31-26(28)19(3)4/h5-17H,3H2,1-2,4H3. The number of carbonyl (C=O) groups excluding carboxylic acids is 2. The predicted octanol–water partition coefficient (Wildman–Crippen LogP) is 6.36. The molecule has 0 fully saturated rings. The van der Waals surface area contributed by atoms with Gasteiger partial charge >= 0.3 is 11.9 Å². The molecule has 0 bridgehead atoms. The van der Waals surface area contributed by atoms with E-state index in [1.807, 2.05) is 50.2 Å². The maximum absolute atomic E-state index is 12.4. The lowest BCUT2D eigenvalue weighted by molar-refractivity contribution is -0.130. The van der Waals surface area contributed by atoms with Crippen LogP contribution in [-0.2, 0) is 4.79 Å². The van der Waals surface area contributed by atoms with Gasteiger partial charge < -0.3 is 14.2 Å². The molecule has 0 saturated heterocycles. The lowest BCUT2D eigenvalue weighted by Crippen LogP contribution is -2.10. The van der Waals surface area contributed by atoms with E-state index in [0.29, 0.717) is 22.6 Å². The van der Waals surface area contributed by atoms with E-state index in [1.165, 1.54) is 24.3 Å². The van der Waals surface area contributed by atoms with Crippen LogP contribution in [0.25, 0.3) is 11.1 Å². The molecule has 0 aliphatic rings. The summed E-state index contributed by atoms with van der Waals surface area (Å²) in [5.74, 6) is 0.504. The molecule has 0 heterocycles. The molecule has 0 amide bonds.